The number of imidazole rings is 1. The number of hydrogen-bond donors (Lipinski definition) is 1. The lowest BCUT2D eigenvalue weighted by Gasteiger charge is -2.11. The summed E-state index contributed by atoms with van der Waals surface area (Å²) in [5.74, 6) is 0.557. The minimum atomic E-state index is -0.386. The van der Waals surface area contributed by atoms with Crippen LogP contribution in [-0.2, 0) is 13.1 Å². The van der Waals surface area contributed by atoms with E-state index in [2.05, 4.69) is 21.8 Å². The molecular weight excluding hydrogens is 277 g/mol. The fraction of sp³-hybridized carbons (Fsp3) is 0.400. The van der Waals surface area contributed by atoms with E-state index in [1.165, 1.54) is 6.07 Å². The Balaban J connectivity index is 2.15. The summed E-state index contributed by atoms with van der Waals surface area (Å²) in [6.45, 7) is 6.51. The predicted octanol–water partition coefficient (Wildman–Crippen LogP) is 3.53. The first kappa shape index (κ1) is 15.0. The van der Waals surface area contributed by atoms with Gasteiger partial charge in [-0.1, -0.05) is 24.6 Å². The molecule has 0 aliphatic rings. The quantitative estimate of drug-likeness (QED) is 0.826. The van der Waals surface area contributed by atoms with Gasteiger partial charge in [0.05, 0.1) is 10.7 Å². The molecule has 1 heterocycles. The molecule has 108 valence electrons. The first-order valence-corrected chi connectivity index (χ1v) is 7.15. The van der Waals surface area contributed by atoms with Crippen molar-refractivity contribution >= 4 is 11.6 Å². The molecular formula is C15H19ClFN3. The van der Waals surface area contributed by atoms with Gasteiger partial charge < -0.3 is 9.88 Å². The SMILES string of the molecule is CCCNCc1cnc(C)n1Cc1ccc(F)c(Cl)c1. The Hall–Kier alpha value is -1.39. The molecule has 0 aliphatic carbocycles. The van der Waals surface area contributed by atoms with Crippen LogP contribution in [0.1, 0.15) is 30.4 Å². The van der Waals surface area contributed by atoms with Crippen molar-refractivity contribution in [3.8, 4) is 0 Å². The lowest BCUT2D eigenvalue weighted by molar-refractivity contribution is 0.617. The molecule has 0 aliphatic heterocycles. The fourth-order valence-corrected chi connectivity index (χ4v) is 2.29. The Morgan fingerprint density at radius 1 is 1.40 bits per heavy atom. The second-order valence-electron chi connectivity index (χ2n) is 4.81. The third-order valence-corrected chi connectivity index (χ3v) is 3.48. The average Bonchev–Trinajstić information content (AvgIpc) is 2.76. The van der Waals surface area contributed by atoms with Crippen LogP contribution in [0.3, 0.4) is 0 Å². The molecule has 1 aromatic heterocycles. The molecule has 5 heteroatoms. The van der Waals surface area contributed by atoms with E-state index in [0.717, 1.165) is 36.6 Å². The zero-order valence-electron chi connectivity index (χ0n) is 11.8. The van der Waals surface area contributed by atoms with E-state index in [-0.39, 0.29) is 10.8 Å². The maximum absolute atomic E-state index is 13.2. The maximum Gasteiger partial charge on any atom is 0.141 e. The second-order valence-corrected chi connectivity index (χ2v) is 5.22. The molecule has 1 N–H and O–H groups in total. The summed E-state index contributed by atoms with van der Waals surface area (Å²) in [5, 5.41) is 3.52. The van der Waals surface area contributed by atoms with Crippen molar-refractivity contribution in [2.24, 2.45) is 0 Å². The van der Waals surface area contributed by atoms with Gasteiger partial charge in [-0.25, -0.2) is 9.37 Å². The molecule has 20 heavy (non-hydrogen) atoms. The molecule has 0 atom stereocenters. The van der Waals surface area contributed by atoms with Crippen molar-refractivity contribution in [3.63, 3.8) is 0 Å². The highest BCUT2D eigenvalue weighted by molar-refractivity contribution is 6.30. The van der Waals surface area contributed by atoms with Crippen LogP contribution in [0.25, 0.3) is 0 Å². The third kappa shape index (κ3) is 3.58. The first-order valence-electron chi connectivity index (χ1n) is 6.77. The van der Waals surface area contributed by atoms with Gasteiger partial charge in [-0.15, -0.1) is 0 Å². The second kappa shape index (κ2) is 6.86. The summed E-state index contributed by atoms with van der Waals surface area (Å²) in [5.41, 5.74) is 2.09. The van der Waals surface area contributed by atoms with E-state index in [1.54, 1.807) is 12.1 Å². The van der Waals surface area contributed by atoms with Crippen LogP contribution in [0.4, 0.5) is 4.39 Å². The van der Waals surface area contributed by atoms with Crippen molar-refractivity contribution < 1.29 is 4.39 Å². The molecule has 0 spiro atoms. The van der Waals surface area contributed by atoms with Crippen LogP contribution in [0, 0.1) is 12.7 Å². The van der Waals surface area contributed by atoms with Crippen LogP contribution >= 0.6 is 11.6 Å². The van der Waals surface area contributed by atoms with Gasteiger partial charge in [0.25, 0.3) is 0 Å². The van der Waals surface area contributed by atoms with Gasteiger partial charge in [0.15, 0.2) is 0 Å². The van der Waals surface area contributed by atoms with Crippen molar-refractivity contribution in [1.29, 1.82) is 0 Å². The Morgan fingerprint density at radius 3 is 2.90 bits per heavy atom. The molecule has 0 radical (unpaired) electrons. The summed E-state index contributed by atoms with van der Waals surface area (Å²) in [6.07, 6.45) is 2.98. The lowest BCUT2D eigenvalue weighted by Crippen LogP contribution is -2.17. The van der Waals surface area contributed by atoms with Gasteiger partial charge in [-0.2, -0.15) is 0 Å². The van der Waals surface area contributed by atoms with Crippen molar-refractivity contribution in [3.05, 3.63) is 52.3 Å². The number of aryl methyl sites for hydroxylation is 1. The molecule has 0 unspecified atom stereocenters. The number of halogens is 2. The van der Waals surface area contributed by atoms with Gasteiger partial charge in [0.2, 0.25) is 0 Å². The molecule has 0 fully saturated rings. The molecule has 1 aromatic carbocycles. The zero-order chi connectivity index (χ0) is 14.5. The highest BCUT2D eigenvalue weighted by Crippen LogP contribution is 2.18. The van der Waals surface area contributed by atoms with E-state index >= 15 is 0 Å². The van der Waals surface area contributed by atoms with Gasteiger partial charge in [0.1, 0.15) is 11.6 Å². The molecule has 3 nitrogen and oxygen atoms in total. The van der Waals surface area contributed by atoms with Crippen molar-refractivity contribution in [2.75, 3.05) is 6.54 Å². The summed E-state index contributed by atoms with van der Waals surface area (Å²) < 4.78 is 15.3. The summed E-state index contributed by atoms with van der Waals surface area (Å²) in [7, 11) is 0. The van der Waals surface area contributed by atoms with Crippen LogP contribution in [0.2, 0.25) is 5.02 Å². The molecule has 0 bridgehead atoms. The number of aromatic nitrogens is 2. The molecule has 2 rings (SSSR count). The van der Waals surface area contributed by atoms with E-state index in [9.17, 15) is 4.39 Å². The Labute approximate surface area is 123 Å². The van der Waals surface area contributed by atoms with Crippen molar-refractivity contribution in [1.82, 2.24) is 14.9 Å². The first-order chi connectivity index (χ1) is 9.61. The standard InChI is InChI=1S/C15H19ClFN3/c1-3-6-18-8-13-9-19-11(2)20(13)10-12-4-5-15(17)14(16)7-12/h4-5,7,9,18H,3,6,8,10H2,1-2H3. The lowest BCUT2D eigenvalue weighted by atomic mass is 10.2. The average molecular weight is 296 g/mol. The number of nitrogens with one attached hydrogen (secondary N) is 1. The van der Waals surface area contributed by atoms with Gasteiger partial charge in [0, 0.05) is 19.3 Å². The Bertz CT molecular complexity index is 580. The van der Waals surface area contributed by atoms with Gasteiger partial charge >= 0.3 is 0 Å². The largest absolute Gasteiger partial charge is 0.327 e. The minimum Gasteiger partial charge on any atom is -0.327 e. The molecule has 0 amide bonds. The van der Waals surface area contributed by atoms with E-state index in [4.69, 9.17) is 11.6 Å². The Morgan fingerprint density at radius 2 is 2.20 bits per heavy atom. The predicted molar refractivity (Wildman–Crippen MR) is 79.5 cm³/mol. The molecule has 2 aromatic rings. The fourth-order valence-electron chi connectivity index (χ4n) is 2.09. The van der Waals surface area contributed by atoms with Crippen LogP contribution in [-0.4, -0.2) is 16.1 Å². The van der Waals surface area contributed by atoms with E-state index in [1.807, 2.05) is 13.1 Å². The smallest absolute Gasteiger partial charge is 0.141 e. The number of hydrogen-bond acceptors (Lipinski definition) is 2. The maximum atomic E-state index is 13.2. The normalized spacial score (nSPS) is 11.0. The highest BCUT2D eigenvalue weighted by Gasteiger charge is 2.08. The molecule has 0 saturated heterocycles. The summed E-state index contributed by atoms with van der Waals surface area (Å²) >= 11 is 5.82. The van der Waals surface area contributed by atoms with E-state index in [0.29, 0.717) is 6.54 Å². The van der Waals surface area contributed by atoms with Crippen LogP contribution < -0.4 is 5.32 Å². The third-order valence-electron chi connectivity index (χ3n) is 3.20. The minimum absolute atomic E-state index is 0.158. The Kier molecular flexibility index (Phi) is 5.15. The van der Waals surface area contributed by atoms with Crippen LogP contribution in [0.5, 0.6) is 0 Å². The zero-order valence-corrected chi connectivity index (χ0v) is 12.5. The molecule has 0 saturated carbocycles. The van der Waals surface area contributed by atoms with E-state index < -0.39 is 0 Å². The summed E-state index contributed by atoms with van der Waals surface area (Å²) in [4.78, 5) is 4.35. The number of nitrogens with zero attached hydrogens (tertiary/aromatic N) is 2. The monoisotopic (exact) mass is 295 g/mol. The van der Waals surface area contributed by atoms with Crippen LogP contribution in [0.15, 0.2) is 24.4 Å². The van der Waals surface area contributed by atoms with Crippen molar-refractivity contribution in [2.45, 2.75) is 33.4 Å². The van der Waals surface area contributed by atoms with Gasteiger partial charge in [-0.3, -0.25) is 0 Å². The highest BCUT2D eigenvalue weighted by atomic mass is 35.5. The topological polar surface area (TPSA) is 29.9 Å². The summed E-state index contributed by atoms with van der Waals surface area (Å²) in [6, 6.07) is 4.82. The number of rotatable bonds is 6. The van der Waals surface area contributed by atoms with Gasteiger partial charge in [-0.05, 0) is 37.6 Å². The number of benzene rings is 1.